The second kappa shape index (κ2) is 5.51. The van der Waals surface area contributed by atoms with Crippen molar-refractivity contribution in [3.8, 4) is 11.1 Å². The lowest BCUT2D eigenvalue weighted by atomic mass is 10.0. The van der Waals surface area contributed by atoms with E-state index in [-0.39, 0.29) is 5.82 Å². The van der Waals surface area contributed by atoms with Gasteiger partial charge in [-0.1, -0.05) is 20.3 Å². The summed E-state index contributed by atoms with van der Waals surface area (Å²) in [4.78, 5) is 2.32. The minimum Gasteiger partial charge on any atom is -0.371 e. The van der Waals surface area contributed by atoms with Gasteiger partial charge in [0.2, 0.25) is 0 Å². The van der Waals surface area contributed by atoms with Crippen molar-refractivity contribution in [2.75, 3.05) is 18.0 Å². The van der Waals surface area contributed by atoms with Gasteiger partial charge in [-0.3, -0.25) is 4.68 Å². The van der Waals surface area contributed by atoms with Crippen LogP contribution in [0.15, 0.2) is 24.5 Å². The van der Waals surface area contributed by atoms with E-state index in [1.165, 1.54) is 5.56 Å². The summed E-state index contributed by atoms with van der Waals surface area (Å²) in [5.41, 5.74) is 3.82. The van der Waals surface area contributed by atoms with Crippen molar-refractivity contribution < 1.29 is 4.39 Å². The fourth-order valence-corrected chi connectivity index (χ4v) is 2.95. The molecule has 4 heteroatoms. The third kappa shape index (κ3) is 2.67. The number of fused-ring (bicyclic) bond motifs is 1. The zero-order valence-electron chi connectivity index (χ0n) is 12.9. The molecule has 0 aliphatic carbocycles. The number of anilines is 1. The minimum absolute atomic E-state index is 0.155. The van der Waals surface area contributed by atoms with Crippen molar-refractivity contribution in [1.82, 2.24) is 9.78 Å². The highest BCUT2D eigenvalue weighted by Crippen LogP contribution is 2.35. The van der Waals surface area contributed by atoms with Crippen LogP contribution < -0.4 is 4.90 Å². The van der Waals surface area contributed by atoms with E-state index in [0.717, 1.165) is 37.2 Å². The van der Waals surface area contributed by atoms with Gasteiger partial charge in [0, 0.05) is 43.1 Å². The predicted molar refractivity (Wildman–Crippen MR) is 84.0 cm³/mol. The quantitative estimate of drug-likeness (QED) is 0.856. The molecule has 0 fully saturated rings. The van der Waals surface area contributed by atoms with E-state index < -0.39 is 0 Å². The van der Waals surface area contributed by atoms with Crippen LogP contribution in [0.3, 0.4) is 0 Å². The van der Waals surface area contributed by atoms with E-state index in [9.17, 15) is 4.39 Å². The van der Waals surface area contributed by atoms with E-state index in [1.807, 2.05) is 19.3 Å². The fourth-order valence-electron chi connectivity index (χ4n) is 2.95. The first kappa shape index (κ1) is 14.1. The zero-order chi connectivity index (χ0) is 15.0. The van der Waals surface area contributed by atoms with Gasteiger partial charge in [0.05, 0.1) is 6.20 Å². The molecule has 3 nitrogen and oxygen atoms in total. The maximum absolute atomic E-state index is 14.5. The van der Waals surface area contributed by atoms with Crippen LogP contribution in [0.25, 0.3) is 11.1 Å². The molecule has 1 unspecified atom stereocenters. The van der Waals surface area contributed by atoms with Crippen LogP contribution in [0, 0.1) is 11.7 Å². The normalized spacial score (nSPS) is 15.3. The average molecular weight is 287 g/mol. The third-order valence-electron chi connectivity index (χ3n) is 4.40. The second-order valence-corrected chi connectivity index (χ2v) is 6.07. The number of hydrogen-bond donors (Lipinski definition) is 0. The van der Waals surface area contributed by atoms with Crippen molar-refractivity contribution in [3.63, 3.8) is 0 Å². The lowest BCUT2D eigenvalue weighted by Crippen LogP contribution is -2.26. The molecule has 1 aliphatic heterocycles. The maximum atomic E-state index is 14.5. The molecule has 0 amide bonds. The summed E-state index contributed by atoms with van der Waals surface area (Å²) in [6.07, 6.45) is 5.73. The molecule has 0 saturated carbocycles. The number of hydrogen-bond acceptors (Lipinski definition) is 2. The topological polar surface area (TPSA) is 21.1 Å². The van der Waals surface area contributed by atoms with Crippen molar-refractivity contribution in [1.29, 1.82) is 0 Å². The highest BCUT2D eigenvalue weighted by molar-refractivity contribution is 5.70. The van der Waals surface area contributed by atoms with Gasteiger partial charge in [-0.25, -0.2) is 4.39 Å². The maximum Gasteiger partial charge on any atom is 0.133 e. The van der Waals surface area contributed by atoms with Gasteiger partial charge in [-0.05, 0) is 30.0 Å². The monoisotopic (exact) mass is 287 g/mol. The summed E-state index contributed by atoms with van der Waals surface area (Å²) in [7, 11) is 1.85. The molecule has 1 atom stereocenters. The van der Waals surface area contributed by atoms with Crippen LogP contribution in [0.1, 0.15) is 25.8 Å². The first-order chi connectivity index (χ1) is 10.1. The lowest BCUT2D eigenvalue weighted by Gasteiger charge is -2.23. The van der Waals surface area contributed by atoms with E-state index in [2.05, 4.69) is 23.8 Å². The van der Waals surface area contributed by atoms with E-state index in [4.69, 9.17) is 0 Å². The third-order valence-corrected chi connectivity index (χ3v) is 4.40. The highest BCUT2D eigenvalue weighted by Gasteiger charge is 2.23. The SMILES string of the molecule is CCC(C)CN1CCc2cc(-c3cnn(C)c3)c(F)cc21. The largest absolute Gasteiger partial charge is 0.371 e. The standard InChI is InChI=1S/C17H22FN3/c1-4-12(2)10-21-6-5-13-7-15(16(18)8-17(13)21)14-9-19-20(3)11-14/h7-9,11-12H,4-6,10H2,1-3H3. The van der Waals surface area contributed by atoms with Gasteiger partial charge in [0.25, 0.3) is 0 Å². The Balaban J connectivity index is 1.93. The van der Waals surface area contributed by atoms with Crippen LogP contribution in [0.2, 0.25) is 0 Å². The van der Waals surface area contributed by atoms with Gasteiger partial charge in [0.15, 0.2) is 0 Å². The number of aryl methyl sites for hydroxylation is 1. The van der Waals surface area contributed by atoms with Gasteiger partial charge >= 0.3 is 0 Å². The first-order valence-corrected chi connectivity index (χ1v) is 7.65. The number of rotatable bonds is 4. The molecule has 112 valence electrons. The fraction of sp³-hybridized carbons (Fsp3) is 0.471. The summed E-state index contributed by atoms with van der Waals surface area (Å²) in [5.74, 6) is 0.481. The molecule has 1 aromatic carbocycles. The van der Waals surface area contributed by atoms with E-state index >= 15 is 0 Å². The molecule has 0 spiro atoms. The Labute approximate surface area is 125 Å². The van der Waals surface area contributed by atoms with Gasteiger partial charge in [-0.15, -0.1) is 0 Å². The van der Waals surface area contributed by atoms with Crippen LogP contribution in [-0.2, 0) is 13.5 Å². The Hall–Kier alpha value is -1.84. The number of aromatic nitrogens is 2. The van der Waals surface area contributed by atoms with Crippen LogP contribution in [-0.4, -0.2) is 22.9 Å². The van der Waals surface area contributed by atoms with Crippen LogP contribution in [0.5, 0.6) is 0 Å². The predicted octanol–water partition coefficient (Wildman–Crippen LogP) is 3.63. The minimum atomic E-state index is -0.155. The van der Waals surface area contributed by atoms with Crippen molar-refractivity contribution in [3.05, 3.63) is 35.9 Å². The summed E-state index contributed by atoms with van der Waals surface area (Å²) in [5, 5.41) is 4.13. The first-order valence-electron chi connectivity index (χ1n) is 7.65. The zero-order valence-corrected chi connectivity index (χ0v) is 12.9. The average Bonchev–Trinajstić information content (AvgIpc) is 3.05. The lowest BCUT2D eigenvalue weighted by molar-refractivity contribution is 0.549. The molecular formula is C17H22FN3. The van der Waals surface area contributed by atoms with Crippen molar-refractivity contribution in [2.24, 2.45) is 13.0 Å². The molecule has 21 heavy (non-hydrogen) atoms. The van der Waals surface area contributed by atoms with Crippen LogP contribution in [0.4, 0.5) is 10.1 Å². The van der Waals surface area contributed by atoms with E-state index in [1.54, 1.807) is 16.9 Å². The molecule has 1 aliphatic rings. The van der Waals surface area contributed by atoms with Crippen molar-refractivity contribution >= 4 is 5.69 Å². The van der Waals surface area contributed by atoms with Gasteiger partial charge < -0.3 is 4.90 Å². The van der Waals surface area contributed by atoms with Gasteiger partial charge in [-0.2, -0.15) is 5.10 Å². The summed E-state index contributed by atoms with van der Waals surface area (Å²) < 4.78 is 16.2. The molecule has 0 radical (unpaired) electrons. The Bertz CT molecular complexity index is 647. The molecule has 2 aromatic rings. The summed E-state index contributed by atoms with van der Waals surface area (Å²) in [6.45, 7) is 6.46. The Morgan fingerprint density at radius 1 is 1.38 bits per heavy atom. The molecule has 2 heterocycles. The Kier molecular flexibility index (Phi) is 3.70. The number of nitrogens with zero attached hydrogens (tertiary/aromatic N) is 3. The molecule has 3 rings (SSSR count). The Morgan fingerprint density at radius 2 is 2.19 bits per heavy atom. The molecule has 0 bridgehead atoms. The van der Waals surface area contributed by atoms with Gasteiger partial charge in [0.1, 0.15) is 5.82 Å². The summed E-state index contributed by atoms with van der Waals surface area (Å²) in [6, 6.07) is 3.70. The molecule has 0 saturated heterocycles. The van der Waals surface area contributed by atoms with Crippen molar-refractivity contribution in [2.45, 2.75) is 26.7 Å². The molecular weight excluding hydrogens is 265 g/mol. The molecule has 1 aromatic heterocycles. The number of halogens is 1. The summed E-state index contributed by atoms with van der Waals surface area (Å²) >= 11 is 0. The second-order valence-electron chi connectivity index (χ2n) is 6.07. The Morgan fingerprint density at radius 3 is 2.86 bits per heavy atom. The highest BCUT2D eigenvalue weighted by atomic mass is 19.1. The van der Waals surface area contributed by atoms with E-state index in [0.29, 0.717) is 11.5 Å². The smallest absolute Gasteiger partial charge is 0.133 e. The molecule has 0 N–H and O–H groups in total. The van der Waals surface area contributed by atoms with Crippen LogP contribution >= 0.6 is 0 Å². The number of benzene rings is 1.